The predicted molar refractivity (Wildman–Crippen MR) is 68.6 cm³/mol. The van der Waals surface area contributed by atoms with Crippen molar-refractivity contribution in [2.75, 3.05) is 0 Å². The zero-order valence-corrected chi connectivity index (χ0v) is 11.3. The first-order valence-electron chi connectivity index (χ1n) is 5.66. The van der Waals surface area contributed by atoms with E-state index in [1.807, 2.05) is 0 Å². The van der Waals surface area contributed by atoms with Crippen LogP contribution in [0, 0.1) is 0 Å². The SMILES string of the molecule is C[C@H](NS(=O)(=O)c1ccc(C(=O)O)cc1)c1ccon1. The van der Waals surface area contributed by atoms with Crippen LogP contribution in [0.4, 0.5) is 0 Å². The van der Waals surface area contributed by atoms with Crippen LogP contribution in [-0.2, 0) is 10.0 Å². The van der Waals surface area contributed by atoms with Crippen LogP contribution in [-0.4, -0.2) is 24.7 Å². The third kappa shape index (κ3) is 3.03. The van der Waals surface area contributed by atoms with Gasteiger partial charge in [0.05, 0.1) is 16.5 Å². The highest BCUT2D eigenvalue weighted by Crippen LogP contribution is 2.16. The van der Waals surface area contributed by atoms with E-state index in [0.717, 1.165) is 0 Å². The van der Waals surface area contributed by atoms with E-state index in [1.165, 1.54) is 30.5 Å². The number of benzene rings is 1. The van der Waals surface area contributed by atoms with Gasteiger partial charge in [0.1, 0.15) is 12.0 Å². The van der Waals surface area contributed by atoms with Crippen LogP contribution in [0.5, 0.6) is 0 Å². The van der Waals surface area contributed by atoms with Gasteiger partial charge < -0.3 is 9.63 Å². The van der Waals surface area contributed by atoms with Crippen molar-refractivity contribution in [3.63, 3.8) is 0 Å². The highest BCUT2D eigenvalue weighted by atomic mass is 32.2. The summed E-state index contributed by atoms with van der Waals surface area (Å²) in [7, 11) is -3.75. The van der Waals surface area contributed by atoms with Crippen LogP contribution in [0.1, 0.15) is 29.0 Å². The van der Waals surface area contributed by atoms with Gasteiger partial charge in [-0.25, -0.2) is 17.9 Å². The zero-order valence-electron chi connectivity index (χ0n) is 10.5. The van der Waals surface area contributed by atoms with E-state index < -0.39 is 22.0 Å². The average molecular weight is 296 g/mol. The van der Waals surface area contributed by atoms with Gasteiger partial charge in [-0.2, -0.15) is 0 Å². The first-order valence-corrected chi connectivity index (χ1v) is 7.14. The molecule has 2 aromatic rings. The molecule has 0 saturated carbocycles. The summed E-state index contributed by atoms with van der Waals surface area (Å²) in [5.74, 6) is -1.11. The maximum absolute atomic E-state index is 12.1. The number of aromatic carboxylic acids is 1. The molecule has 0 bridgehead atoms. The normalized spacial score (nSPS) is 13.1. The highest BCUT2D eigenvalue weighted by Gasteiger charge is 2.20. The molecule has 0 radical (unpaired) electrons. The van der Waals surface area contributed by atoms with Crippen molar-refractivity contribution in [3.05, 3.63) is 47.9 Å². The molecule has 0 aliphatic carbocycles. The number of aromatic nitrogens is 1. The maximum atomic E-state index is 12.1. The largest absolute Gasteiger partial charge is 0.478 e. The molecule has 0 fully saturated rings. The van der Waals surface area contributed by atoms with Gasteiger partial charge in [0.25, 0.3) is 0 Å². The molecule has 0 saturated heterocycles. The first kappa shape index (κ1) is 14.2. The fourth-order valence-corrected chi connectivity index (χ4v) is 2.80. The van der Waals surface area contributed by atoms with Gasteiger partial charge in [0.2, 0.25) is 10.0 Å². The van der Waals surface area contributed by atoms with Gasteiger partial charge in [-0.15, -0.1) is 0 Å². The summed E-state index contributed by atoms with van der Waals surface area (Å²) >= 11 is 0. The molecule has 2 N–H and O–H groups in total. The monoisotopic (exact) mass is 296 g/mol. The fraction of sp³-hybridized carbons (Fsp3) is 0.167. The highest BCUT2D eigenvalue weighted by molar-refractivity contribution is 7.89. The summed E-state index contributed by atoms with van der Waals surface area (Å²) in [6.07, 6.45) is 1.35. The van der Waals surface area contributed by atoms with Crippen molar-refractivity contribution in [1.82, 2.24) is 9.88 Å². The maximum Gasteiger partial charge on any atom is 0.335 e. The summed E-state index contributed by atoms with van der Waals surface area (Å²) < 4.78 is 31.3. The lowest BCUT2D eigenvalue weighted by atomic mass is 10.2. The Labute approximate surface area is 115 Å². The molecule has 0 spiro atoms. The number of nitrogens with zero attached hydrogens (tertiary/aromatic N) is 1. The van der Waals surface area contributed by atoms with Crippen molar-refractivity contribution in [3.8, 4) is 0 Å². The Hall–Kier alpha value is -2.19. The number of rotatable bonds is 5. The van der Waals surface area contributed by atoms with Gasteiger partial charge in [0, 0.05) is 6.07 Å². The van der Waals surface area contributed by atoms with Gasteiger partial charge in [-0.3, -0.25) is 0 Å². The van der Waals surface area contributed by atoms with Gasteiger partial charge in [0.15, 0.2) is 0 Å². The first-order chi connectivity index (χ1) is 9.40. The van der Waals surface area contributed by atoms with E-state index in [-0.39, 0.29) is 10.5 Å². The van der Waals surface area contributed by atoms with E-state index in [0.29, 0.717) is 5.69 Å². The molecule has 0 amide bonds. The van der Waals surface area contributed by atoms with Gasteiger partial charge in [-0.1, -0.05) is 5.16 Å². The number of carbonyl (C=O) groups is 1. The Morgan fingerprint density at radius 3 is 2.45 bits per heavy atom. The summed E-state index contributed by atoms with van der Waals surface area (Å²) in [6, 6.07) is 5.94. The zero-order chi connectivity index (χ0) is 14.8. The molecular formula is C12H12N2O5S. The number of nitrogens with one attached hydrogen (secondary N) is 1. The molecular weight excluding hydrogens is 284 g/mol. The number of hydrogen-bond acceptors (Lipinski definition) is 5. The summed E-state index contributed by atoms with van der Waals surface area (Å²) in [4.78, 5) is 10.7. The van der Waals surface area contributed by atoms with Crippen molar-refractivity contribution in [2.45, 2.75) is 17.9 Å². The lowest BCUT2D eigenvalue weighted by molar-refractivity contribution is 0.0696. The van der Waals surface area contributed by atoms with E-state index >= 15 is 0 Å². The van der Waals surface area contributed by atoms with E-state index in [2.05, 4.69) is 14.4 Å². The second-order valence-electron chi connectivity index (χ2n) is 4.10. The molecule has 106 valence electrons. The van der Waals surface area contributed by atoms with Crippen LogP contribution in [0.3, 0.4) is 0 Å². The summed E-state index contributed by atoms with van der Waals surface area (Å²) in [5.41, 5.74) is 0.476. The second-order valence-corrected chi connectivity index (χ2v) is 5.81. The Morgan fingerprint density at radius 2 is 1.95 bits per heavy atom. The van der Waals surface area contributed by atoms with Crippen LogP contribution >= 0.6 is 0 Å². The lowest BCUT2D eigenvalue weighted by Gasteiger charge is -2.11. The second kappa shape index (κ2) is 5.43. The molecule has 0 aliphatic heterocycles. The molecule has 1 aromatic heterocycles. The van der Waals surface area contributed by atoms with Crippen LogP contribution in [0.2, 0.25) is 0 Å². The van der Waals surface area contributed by atoms with Crippen LogP contribution in [0.15, 0.2) is 46.0 Å². The summed E-state index contributed by atoms with van der Waals surface area (Å²) in [5, 5.41) is 12.4. The molecule has 1 heterocycles. The number of sulfonamides is 1. The number of carboxylic acids is 1. The molecule has 1 atom stereocenters. The molecule has 2 rings (SSSR count). The van der Waals surface area contributed by atoms with Crippen molar-refractivity contribution in [1.29, 1.82) is 0 Å². The lowest BCUT2D eigenvalue weighted by Crippen LogP contribution is -2.27. The smallest absolute Gasteiger partial charge is 0.335 e. The Bertz CT molecular complexity index is 692. The Morgan fingerprint density at radius 1 is 1.30 bits per heavy atom. The molecule has 20 heavy (non-hydrogen) atoms. The van der Waals surface area contributed by atoms with Gasteiger partial charge >= 0.3 is 5.97 Å². The quantitative estimate of drug-likeness (QED) is 0.863. The Balaban J connectivity index is 2.20. The summed E-state index contributed by atoms with van der Waals surface area (Å²) in [6.45, 7) is 1.63. The minimum Gasteiger partial charge on any atom is -0.478 e. The van der Waals surface area contributed by atoms with Crippen molar-refractivity contribution < 1.29 is 22.8 Å². The van der Waals surface area contributed by atoms with Crippen molar-refractivity contribution in [2.24, 2.45) is 0 Å². The third-order valence-electron chi connectivity index (χ3n) is 2.64. The standard InChI is InChI=1S/C12H12N2O5S/c1-8(11-6-7-19-13-11)14-20(17,18)10-4-2-9(3-5-10)12(15)16/h2-8,14H,1H3,(H,15,16)/t8-/m0/s1. The minimum absolute atomic E-state index is 0.0159. The van der Waals surface area contributed by atoms with Crippen molar-refractivity contribution >= 4 is 16.0 Å². The molecule has 1 aromatic carbocycles. The molecule has 0 aliphatic rings. The van der Waals surface area contributed by atoms with Gasteiger partial charge in [-0.05, 0) is 31.2 Å². The fourth-order valence-electron chi connectivity index (χ4n) is 1.58. The molecule has 8 heteroatoms. The predicted octanol–water partition coefficient (Wildman–Crippen LogP) is 1.41. The Kier molecular flexibility index (Phi) is 3.86. The average Bonchev–Trinajstić information content (AvgIpc) is 2.92. The number of carboxylic acid groups (broad SMARTS) is 1. The molecule has 7 nitrogen and oxygen atoms in total. The van der Waals surface area contributed by atoms with Crippen LogP contribution < -0.4 is 4.72 Å². The molecule has 0 unspecified atom stereocenters. The topological polar surface area (TPSA) is 110 Å². The van der Waals surface area contributed by atoms with E-state index in [1.54, 1.807) is 13.0 Å². The third-order valence-corrected chi connectivity index (χ3v) is 4.20. The van der Waals surface area contributed by atoms with E-state index in [4.69, 9.17) is 5.11 Å². The number of hydrogen-bond donors (Lipinski definition) is 2. The minimum atomic E-state index is -3.75. The van der Waals surface area contributed by atoms with Crippen LogP contribution in [0.25, 0.3) is 0 Å². The van der Waals surface area contributed by atoms with E-state index in [9.17, 15) is 13.2 Å².